The zero-order valence-corrected chi connectivity index (χ0v) is 12.6. The fourth-order valence-corrected chi connectivity index (χ4v) is 3.61. The molecule has 6 heteroatoms. The van der Waals surface area contributed by atoms with E-state index in [2.05, 4.69) is 36.3 Å². The maximum Gasteiger partial charge on any atom is 0.234 e. The zero-order chi connectivity index (χ0) is 14.9. The third-order valence-corrected chi connectivity index (χ3v) is 4.85. The molecule has 1 heterocycles. The van der Waals surface area contributed by atoms with Gasteiger partial charge in [-0.25, -0.2) is 0 Å². The van der Waals surface area contributed by atoms with Crippen LogP contribution in [-0.2, 0) is 4.79 Å². The molecular weight excluding hydrogens is 256 g/mol. The smallest absolute Gasteiger partial charge is 0.234 e. The third-order valence-electron chi connectivity index (χ3n) is 4.85. The fourth-order valence-electron chi connectivity index (χ4n) is 3.61. The van der Waals surface area contributed by atoms with Crippen molar-refractivity contribution < 1.29 is 10.0 Å². The van der Waals surface area contributed by atoms with Crippen molar-refractivity contribution in [2.45, 2.75) is 39.2 Å². The topological polar surface area (TPSA) is 91.0 Å². The number of nitrogens with one attached hydrogen (secondary N) is 1. The average molecular weight is 282 g/mol. The first kappa shape index (κ1) is 15.1. The first-order valence-corrected chi connectivity index (χ1v) is 7.36. The van der Waals surface area contributed by atoms with Crippen LogP contribution in [0.25, 0.3) is 0 Å². The van der Waals surface area contributed by atoms with Gasteiger partial charge in [-0.2, -0.15) is 0 Å². The van der Waals surface area contributed by atoms with Crippen LogP contribution in [0.3, 0.4) is 0 Å². The van der Waals surface area contributed by atoms with Crippen LogP contribution in [-0.4, -0.2) is 48.0 Å². The van der Waals surface area contributed by atoms with E-state index in [1.807, 2.05) is 0 Å². The number of hydrogen-bond acceptors (Lipinski definition) is 4. The van der Waals surface area contributed by atoms with Crippen LogP contribution in [0, 0.1) is 17.3 Å². The number of rotatable bonds is 3. The van der Waals surface area contributed by atoms with Gasteiger partial charge in [0.05, 0.1) is 0 Å². The molecular formula is C14H26N4O2. The highest BCUT2D eigenvalue weighted by molar-refractivity contribution is 6.07. The second-order valence-electron chi connectivity index (χ2n) is 6.69. The molecule has 2 unspecified atom stereocenters. The van der Waals surface area contributed by atoms with Crippen molar-refractivity contribution in [3.8, 4) is 0 Å². The van der Waals surface area contributed by atoms with Gasteiger partial charge >= 0.3 is 0 Å². The standard InChI is InChI=1S/C14H26N4O2/c1-9-6-14(7-9,12(15)17-20)13(19)16-11-4-5-18(3)8-10(11)2/h9-11,20H,4-8H2,1-3H3,(H2,15,17)(H,16,19). The first-order valence-electron chi connectivity index (χ1n) is 7.36. The second-order valence-corrected chi connectivity index (χ2v) is 6.69. The maximum atomic E-state index is 12.6. The molecule has 2 fully saturated rings. The van der Waals surface area contributed by atoms with E-state index in [-0.39, 0.29) is 17.8 Å². The van der Waals surface area contributed by atoms with Gasteiger partial charge in [0.25, 0.3) is 0 Å². The Hall–Kier alpha value is -1.30. The quantitative estimate of drug-likeness (QED) is 0.306. The van der Waals surface area contributed by atoms with E-state index < -0.39 is 5.41 Å². The van der Waals surface area contributed by atoms with Crippen LogP contribution in [0.1, 0.15) is 33.1 Å². The predicted octanol–water partition coefficient (Wildman–Crippen LogP) is 0.606. The van der Waals surface area contributed by atoms with Crippen molar-refractivity contribution in [2.75, 3.05) is 20.1 Å². The van der Waals surface area contributed by atoms with Crippen molar-refractivity contribution in [2.24, 2.45) is 28.1 Å². The molecule has 1 saturated carbocycles. The van der Waals surface area contributed by atoms with Gasteiger partial charge in [-0.15, -0.1) is 0 Å². The lowest BCUT2D eigenvalue weighted by Gasteiger charge is -2.45. The van der Waals surface area contributed by atoms with E-state index >= 15 is 0 Å². The van der Waals surface area contributed by atoms with Gasteiger partial charge in [0.15, 0.2) is 5.84 Å². The highest BCUT2D eigenvalue weighted by atomic mass is 16.4. The molecule has 6 nitrogen and oxygen atoms in total. The number of oxime groups is 1. The van der Waals surface area contributed by atoms with Gasteiger partial charge in [-0.3, -0.25) is 4.79 Å². The molecule has 0 aromatic heterocycles. The van der Waals surface area contributed by atoms with Crippen molar-refractivity contribution in [3.63, 3.8) is 0 Å². The molecule has 1 saturated heterocycles. The largest absolute Gasteiger partial charge is 0.409 e. The minimum absolute atomic E-state index is 0.0497. The molecule has 0 radical (unpaired) electrons. The highest BCUT2D eigenvalue weighted by Gasteiger charge is 2.52. The molecule has 20 heavy (non-hydrogen) atoms. The normalized spacial score (nSPS) is 39.1. The average Bonchev–Trinajstić information content (AvgIpc) is 2.37. The zero-order valence-electron chi connectivity index (χ0n) is 12.6. The molecule has 1 aliphatic carbocycles. The van der Waals surface area contributed by atoms with E-state index in [1.54, 1.807) is 0 Å². The Balaban J connectivity index is 2.03. The summed E-state index contributed by atoms with van der Waals surface area (Å²) in [6.45, 7) is 6.20. The monoisotopic (exact) mass is 282 g/mol. The lowest BCUT2D eigenvalue weighted by atomic mass is 9.61. The number of amidine groups is 1. The molecule has 0 bridgehead atoms. The molecule has 1 amide bonds. The number of hydrogen-bond donors (Lipinski definition) is 3. The summed E-state index contributed by atoms with van der Waals surface area (Å²) in [4.78, 5) is 14.9. The van der Waals surface area contributed by atoms with Gasteiger partial charge in [-0.05, 0) is 44.7 Å². The van der Waals surface area contributed by atoms with Crippen molar-refractivity contribution in [3.05, 3.63) is 0 Å². The lowest BCUT2D eigenvalue weighted by Crippen LogP contribution is -2.60. The SMILES string of the molecule is CC1CC(C(=O)NC2CCN(C)CC2C)(C(N)=NO)C1. The summed E-state index contributed by atoms with van der Waals surface area (Å²) >= 11 is 0. The van der Waals surface area contributed by atoms with Crippen molar-refractivity contribution >= 4 is 11.7 Å². The van der Waals surface area contributed by atoms with Crippen molar-refractivity contribution in [1.29, 1.82) is 0 Å². The summed E-state index contributed by atoms with van der Waals surface area (Å²) in [7, 11) is 2.10. The van der Waals surface area contributed by atoms with Gasteiger partial charge in [0.1, 0.15) is 5.41 Å². The summed E-state index contributed by atoms with van der Waals surface area (Å²) in [5, 5.41) is 15.2. The maximum absolute atomic E-state index is 12.6. The van der Waals surface area contributed by atoms with E-state index in [4.69, 9.17) is 10.9 Å². The number of likely N-dealkylation sites (tertiary alicyclic amines) is 1. The number of carbonyl (C=O) groups is 1. The van der Waals surface area contributed by atoms with Crippen LogP contribution in [0.5, 0.6) is 0 Å². The third kappa shape index (κ3) is 2.61. The van der Waals surface area contributed by atoms with E-state index in [1.165, 1.54) is 0 Å². The number of nitrogens with two attached hydrogens (primary N) is 1. The van der Waals surface area contributed by atoms with E-state index in [0.717, 1.165) is 19.5 Å². The summed E-state index contributed by atoms with van der Waals surface area (Å²) < 4.78 is 0. The predicted molar refractivity (Wildman–Crippen MR) is 77.4 cm³/mol. The summed E-state index contributed by atoms with van der Waals surface area (Å²) in [5.41, 5.74) is 4.97. The Labute approximate surface area is 120 Å². The van der Waals surface area contributed by atoms with E-state index in [9.17, 15) is 4.79 Å². The summed E-state index contributed by atoms with van der Waals surface area (Å²) in [6, 6.07) is 0.179. The molecule has 0 spiro atoms. The fraction of sp³-hybridized carbons (Fsp3) is 0.857. The molecule has 0 aromatic carbocycles. The number of piperidine rings is 1. The van der Waals surface area contributed by atoms with Gasteiger partial charge in [-0.1, -0.05) is 19.0 Å². The Morgan fingerprint density at radius 3 is 2.60 bits per heavy atom. The Morgan fingerprint density at radius 1 is 1.45 bits per heavy atom. The molecule has 2 aliphatic rings. The number of amides is 1. The van der Waals surface area contributed by atoms with Gasteiger partial charge < -0.3 is 21.2 Å². The molecule has 2 rings (SSSR count). The second kappa shape index (κ2) is 5.60. The molecule has 2 atom stereocenters. The Bertz CT molecular complexity index is 404. The number of carbonyl (C=O) groups excluding carboxylic acids is 1. The molecule has 114 valence electrons. The van der Waals surface area contributed by atoms with Crippen LogP contribution in [0.2, 0.25) is 0 Å². The highest BCUT2D eigenvalue weighted by Crippen LogP contribution is 2.46. The number of nitrogens with zero attached hydrogens (tertiary/aromatic N) is 2. The minimum atomic E-state index is -0.794. The summed E-state index contributed by atoms with van der Waals surface area (Å²) in [6.07, 6.45) is 2.27. The van der Waals surface area contributed by atoms with Crippen molar-refractivity contribution in [1.82, 2.24) is 10.2 Å². The summed E-state index contributed by atoms with van der Waals surface area (Å²) in [5.74, 6) is 0.830. The van der Waals surface area contributed by atoms with Gasteiger partial charge in [0.2, 0.25) is 5.91 Å². The van der Waals surface area contributed by atoms with Gasteiger partial charge in [0, 0.05) is 12.6 Å². The van der Waals surface area contributed by atoms with Crippen LogP contribution in [0.15, 0.2) is 5.16 Å². The van der Waals surface area contributed by atoms with Crippen LogP contribution in [0.4, 0.5) is 0 Å². The molecule has 4 N–H and O–H groups in total. The first-order chi connectivity index (χ1) is 9.39. The Kier molecular flexibility index (Phi) is 4.22. The minimum Gasteiger partial charge on any atom is -0.409 e. The van der Waals surface area contributed by atoms with E-state index in [0.29, 0.717) is 24.7 Å². The van der Waals surface area contributed by atoms with Crippen LogP contribution >= 0.6 is 0 Å². The van der Waals surface area contributed by atoms with Crippen LogP contribution < -0.4 is 11.1 Å². The Morgan fingerprint density at radius 2 is 2.10 bits per heavy atom. The molecule has 1 aliphatic heterocycles. The molecule has 0 aromatic rings. The lowest BCUT2D eigenvalue weighted by molar-refractivity contribution is -0.134.